The van der Waals surface area contributed by atoms with Crippen LogP contribution in [0.25, 0.3) is 11.4 Å². The van der Waals surface area contributed by atoms with E-state index < -0.39 is 6.61 Å². The Balaban J connectivity index is 2.50. The van der Waals surface area contributed by atoms with Crippen molar-refractivity contribution in [2.45, 2.75) is 32.9 Å². The molecule has 4 nitrogen and oxygen atoms in total. The Morgan fingerprint density at radius 1 is 1.35 bits per heavy atom. The molecule has 0 aliphatic rings. The third kappa shape index (κ3) is 3.04. The van der Waals surface area contributed by atoms with E-state index in [1.807, 2.05) is 25.3 Å². The number of nitrogens with one attached hydrogen (secondary N) is 1. The molecule has 7 heteroatoms. The van der Waals surface area contributed by atoms with Crippen LogP contribution in [0, 0.1) is 4.77 Å². The second-order valence-corrected chi connectivity index (χ2v) is 5.65. The summed E-state index contributed by atoms with van der Waals surface area (Å²) in [6.07, 6.45) is 0. The molecule has 0 bridgehead atoms. The number of aromatic nitrogens is 3. The number of nitrogens with zero attached hydrogens (tertiary/aromatic N) is 2. The van der Waals surface area contributed by atoms with Crippen LogP contribution < -0.4 is 4.74 Å². The number of benzene rings is 1. The maximum atomic E-state index is 12.3. The maximum absolute atomic E-state index is 12.3. The average Bonchev–Trinajstić information content (AvgIpc) is 2.70. The van der Waals surface area contributed by atoms with Gasteiger partial charge in [0.1, 0.15) is 5.75 Å². The van der Waals surface area contributed by atoms with Gasteiger partial charge in [0, 0.05) is 11.1 Å². The molecule has 0 aliphatic heterocycles. The van der Waals surface area contributed by atoms with Gasteiger partial charge in [-0.3, -0.25) is 9.67 Å². The van der Waals surface area contributed by atoms with E-state index in [-0.39, 0.29) is 11.3 Å². The molecule has 0 amide bonds. The SMILES string of the molecule is CC(C)(C)n1c(-c2cccc(OC(F)F)c2)n[nH]c1=S. The highest BCUT2D eigenvalue weighted by atomic mass is 32.1. The smallest absolute Gasteiger partial charge is 0.387 e. The first kappa shape index (κ1) is 14.6. The third-order valence-electron chi connectivity index (χ3n) is 2.66. The predicted octanol–water partition coefficient (Wildman–Crippen LogP) is 3.96. The number of ether oxygens (including phenoxy) is 1. The van der Waals surface area contributed by atoms with Gasteiger partial charge in [-0.15, -0.1) is 0 Å². The molecule has 0 unspecified atom stereocenters. The van der Waals surface area contributed by atoms with E-state index in [0.29, 0.717) is 16.2 Å². The molecule has 1 aromatic carbocycles. The van der Waals surface area contributed by atoms with Crippen LogP contribution in [-0.2, 0) is 5.54 Å². The molecule has 20 heavy (non-hydrogen) atoms. The summed E-state index contributed by atoms with van der Waals surface area (Å²) in [5, 5.41) is 6.90. The average molecular weight is 299 g/mol. The van der Waals surface area contributed by atoms with Gasteiger partial charge < -0.3 is 4.74 Å². The molecule has 2 rings (SSSR count). The van der Waals surface area contributed by atoms with Crippen molar-refractivity contribution in [3.63, 3.8) is 0 Å². The fourth-order valence-corrected chi connectivity index (χ4v) is 2.33. The van der Waals surface area contributed by atoms with Gasteiger partial charge in [-0.25, -0.2) is 0 Å². The minimum absolute atomic E-state index is 0.0897. The normalized spacial score (nSPS) is 11.9. The van der Waals surface area contributed by atoms with Crippen molar-refractivity contribution in [1.29, 1.82) is 0 Å². The molecule has 0 spiro atoms. The molecule has 0 saturated carbocycles. The highest BCUT2D eigenvalue weighted by molar-refractivity contribution is 7.71. The Bertz CT molecular complexity index is 658. The van der Waals surface area contributed by atoms with E-state index in [1.165, 1.54) is 12.1 Å². The van der Waals surface area contributed by atoms with E-state index in [4.69, 9.17) is 12.2 Å². The molecule has 0 aliphatic carbocycles. The predicted molar refractivity (Wildman–Crippen MR) is 74.5 cm³/mol. The van der Waals surface area contributed by atoms with Crippen molar-refractivity contribution >= 4 is 12.2 Å². The zero-order valence-corrected chi connectivity index (χ0v) is 12.2. The van der Waals surface area contributed by atoms with Crippen LogP contribution in [-0.4, -0.2) is 21.4 Å². The van der Waals surface area contributed by atoms with Crippen LogP contribution in [0.2, 0.25) is 0 Å². The lowest BCUT2D eigenvalue weighted by Gasteiger charge is -2.22. The maximum Gasteiger partial charge on any atom is 0.387 e. The standard InChI is InChI=1S/C13H15F2N3OS/c1-13(2,3)18-10(16-17-12(18)20)8-5-4-6-9(7-8)19-11(14)15/h4-7,11H,1-3H3,(H,17,20). The van der Waals surface area contributed by atoms with Crippen molar-refractivity contribution < 1.29 is 13.5 Å². The van der Waals surface area contributed by atoms with Crippen molar-refractivity contribution in [3.05, 3.63) is 29.0 Å². The van der Waals surface area contributed by atoms with Crippen LogP contribution in [0.4, 0.5) is 8.78 Å². The molecule has 0 atom stereocenters. The van der Waals surface area contributed by atoms with Crippen LogP contribution in [0.5, 0.6) is 5.75 Å². The number of rotatable bonds is 3. The Labute approximate surface area is 120 Å². The first-order chi connectivity index (χ1) is 9.29. The zero-order chi connectivity index (χ0) is 14.9. The Morgan fingerprint density at radius 2 is 2.05 bits per heavy atom. The van der Waals surface area contributed by atoms with Crippen LogP contribution in [0.15, 0.2) is 24.3 Å². The van der Waals surface area contributed by atoms with Gasteiger partial charge in [-0.1, -0.05) is 12.1 Å². The number of H-pyrrole nitrogens is 1. The topological polar surface area (TPSA) is 42.8 Å². The fourth-order valence-electron chi connectivity index (χ4n) is 1.92. The minimum atomic E-state index is -2.85. The van der Waals surface area contributed by atoms with Crippen LogP contribution >= 0.6 is 12.2 Å². The van der Waals surface area contributed by atoms with Gasteiger partial charge in [0.15, 0.2) is 10.6 Å². The molecule has 1 heterocycles. The molecule has 0 radical (unpaired) electrons. The summed E-state index contributed by atoms with van der Waals surface area (Å²) in [4.78, 5) is 0. The van der Waals surface area contributed by atoms with Gasteiger partial charge in [-0.05, 0) is 45.1 Å². The molecular weight excluding hydrogens is 284 g/mol. The quantitative estimate of drug-likeness (QED) is 0.872. The van der Waals surface area contributed by atoms with Crippen molar-refractivity contribution in [1.82, 2.24) is 14.8 Å². The minimum Gasteiger partial charge on any atom is -0.435 e. The second kappa shape index (κ2) is 5.32. The van der Waals surface area contributed by atoms with Crippen LogP contribution in [0.1, 0.15) is 20.8 Å². The summed E-state index contributed by atoms with van der Waals surface area (Å²) in [6.45, 7) is 3.11. The van der Waals surface area contributed by atoms with Gasteiger partial charge in [0.2, 0.25) is 0 Å². The number of hydrogen-bond donors (Lipinski definition) is 1. The lowest BCUT2D eigenvalue weighted by Crippen LogP contribution is -2.23. The second-order valence-electron chi connectivity index (χ2n) is 5.26. The van der Waals surface area contributed by atoms with E-state index >= 15 is 0 Å². The lowest BCUT2D eigenvalue weighted by molar-refractivity contribution is -0.0498. The molecule has 1 N–H and O–H groups in total. The summed E-state index contributed by atoms with van der Waals surface area (Å²) in [5.41, 5.74) is 0.379. The van der Waals surface area contributed by atoms with Gasteiger partial charge >= 0.3 is 6.61 Å². The molecule has 1 aromatic heterocycles. The number of aromatic amines is 1. The summed E-state index contributed by atoms with van der Waals surface area (Å²) >= 11 is 5.22. The zero-order valence-electron chi connectivity index (χ0n) is 11.4. The fraction of sp³-hybridized carbons (Fsp3) is 0.385. The summed E-state index contributed by atoms with van der Waals surface area (Å²) in [6, 6.07) is 6.39. The van der Waals surface area contributed by atoms with Gasteiger partial charge in [0.25, 0.3) is 0 Å². The van der Waals surface area contributed by atoms with Crippen LogP contribution in [0.3, 0.4) is 0 Å². The summed E-state index contributed by atoms with van der Waals surface area (Å²) in [5.74, 6) is 0.675. The van der Waals surface area contributed by atoms with Crippen molar-refractivity contribution in [3.8, 4) is 17.1 Å². The van der Waals surface area contributed by atoms with E-state index in [9.17, 15) is 8.78 Å². The Morgan fingerprint density at radius 3 is 2.65 bits per heavy atom. The van der Waals surface area contributed by atoms with E-state index in [0.717, 1.165) is 0 Å². The lowest BCUT2D eigenvalue weighted by atomic mass is 10.1. The third-order valence-corrected chi connectivity index (χ3v) is 2.93. The number of hydrogen-bond acceptors (Lipinski definition) is 3. The Kier molecular flexibility index (Phi) is 3.89. The monoisotopic (exact) mass is 299 g/mol. The summed E-state index contributed by atoms with van der Waals surface area (Å²) < 4.78 is 31.2. The first-order valence-corrected chi connectivity index (χ1v) is 6.43. The number of halogens is 2. The van der Waals surface area contributed by atoms with Gasteiger partial charge in [-0.2, -0.15) is 13.9 Å². The van der Waals surface area contributed by atoms with E-state index in [1.54, 1.807) is 12.1 Å². The molecule has 2 aromatic rings. The first-order valence-electron chi connectivity index (χ1n) is 6.02. The summed E-state index contributed by atoms with van der Waals surface area (Å²) in [7, 11) is 0. The van der Waals surface area contributed by atoms with E-state index in [2.05, 4.69) is 14.9 Å². The molecule has 108 valence electrons. The van der Waals surface area contributed by atoms with Crippen molar-refractivity contribution in [2.75, 3.05) is 0 Å². The van der Waals surface area contributed by atoms with Crippen molar-refractivity contribution in [2.24, 2.45) is 0 Å². The Hall–Kier alpha value is -1.76. The molecular formula is C13H15F2N3OS. The highest BCUT2D eigenvalue weighted by Gasteiger charge is 2.20. The molecule has 0 fully saturated rings. The van der Waals surface area contributed by atoms with Gasteiger partial charge in [0.05, 0.1) is 0 Å². The largest absolute Gasteiger partial charge is 0.435 e. The molecule has 0 saturated heterocycles. The highest BCUT2D eigenvalue weighted by Crippen LogP contribution is 2.27. The number of alkyl halides is 2.